The predicted octanol–water partition coefficient (Wildman–Crippen LogP) is 0.872. The second-order valence-electron chi connectivity index (χ2n) is 6.03. The van der Waals surface area contributed by atoms with E-state index in [1.165, 1.54) is 7.11 Å². The number of methoxy groups -OCH3 is 1. The van der Waals surface area contributed by atoms with Crippen LogP contribution in [-0.4, -0.2) is 30.4 Å². The van der Waals surface area contributed by atoms with Crippen molar-refractivity contribution < 1.29 is 23.9 Å². The quantitative estimate of drug-likeness (QED) is 0.519. The molecule has 0 unspecified atom stereocenters. The Labute approximate surface area is 110 Å². The van der Waals surface area contributed by atoms with Gasteiger partial charge in [-0.15, -0.1) is 0 Å². The van der Waals surface area contributed by atoms with Crippen LogP contribution < -0.4 is 0 Å². The van der Waals surface area contributed by atoms with E-state index in [2.05, 4.69) is 0 Å². The number of hydrogen-bond donors (Lipinski definition) is 0. The van der Waals surface area contributed by atoms with E-state index in [4.69, 9.17) is 9.47 Å². The van der Waals surface area contributed by atoms with Gasteiger partial charge >= 0.3 is 11.9 Å². The number of carbonyl (C=O) groups is 3. The molecule has 0 aromatic rings. The molecule has 5 atom stereocenters. The molecule has 1 aliphatic heterocycles. The Hall–Kier alpha value is -1.65. The van der Waals surface area contributed by atoms with Gasteiger partial charge in [-0.25, -0.2) is 0 Å². The highest BCUT2D eigenvalue weighted by Gasteiger charge is 2.74. The number of ketones is 1. The van der Waals surface area contributed by atoms with Crippen molar-refractivity contribution in [2.45, 2.75) is 26.4 Å². The molecular weight excluding hydrogens is 248 g/mol. The van der Waals surface area contributed by atoms with Gasteiger partial charge in [0.2, 0.25) is 0 Å². The fourth-order valence-corrected chi connectivity index (χ4v) is 4.34. The smallest absolute Gasteiger partial charge is 0.311 e. The Morgan fingerprint density at radius 2 is 2.00 bits per heavy atom. The van der Waals surface area contributed by atoms with Crippen molar-refractivity contribution >= 4 is 17.7 Å². The van der Waals surface area contributed by atoms with Crippen LogP contribution in [0.15, 0.2) is 11.6 Å². The summed E-state index contributed by atoms with van der Waals surface area (Å²) in [5.41, 5.74) is -1.20. The highest BCUT2D eigenvalue weighted by atomic mass is 16.6. The Kier molecular flexibility index (Phi) is 2.13. The second-order valence-corrected chi connectivity index (χ2v) is 6.03. The van der Waals surface area contributed by atoms with Crippen LogP contribution >= 0.6 is 0 Å². The Bertz CT molecular complexity index is 548. The summed E-state index contributed by atoms with van der Waals surface area (Å²) in [6.07, 6.45) is 1.81. The number of Topliss-reactive ketones (excluding diaryl/α,β-unsaturated/α-hetero) is 1. The molecule has 3 aliphatic carbocycles. The van der Waals surface area contributed by atoms with Gasteiger partial charge in [-0.05, 0) is 20.8 Å². The Balaban J connectivity index is 2.27. The average Bonchev–Trinajstić information content (AvgIpc) is 2.58. The van der Waals surface area contributed by atoms with E-state index in [0.717, 1.165) is 5.57 Å². The fraction of sp³-hybridized carbons (Fsp3) is 0.643. The van der Waals surface area contributed by atoms with Crippen molar-refractivity contribution in [3.63, 3.8) is 0 Å². The third-order valence-corrected chi connectivity index (χ3v) is 4.96. The number of rotatable bonds is 1. The van der Waals surface area contributed by atoms with E-state index < -0.39 is 34.8 Å². The first-order chi connectivity index (χ1) is 8.77. The number of hydrogen-bond acceptors (Lipinski definition) is 5. The van der Waals surface area contributed by atoms with E-state index >= 15 is 0 Å². The van der Waals surface area contributed by atoms with Crippen LogP contribution in [0.1, 0.15) is 20.8 Å². The summed E-state index contributed by atoms with van der Waals surface area (Å²) in [6.45, 7) is 5.24. The van der Waals surface area contributed by atoms with Crippen LogP contribution in [0.25, 0.3) is 0 Å². The summed E-state index contributed by atoms with van der Waals surface area (Å²) < 4.78 is 10.1. The largest absolute Gasteiger partial charge is 0.469 e. The maximum Gasteiger partial charge on any atom is 0.311 e. The van der Waals surface area contributed by atoms with Gasteiger partial charge in [0.1, 0.15) is 0 Å². The highest BCUT2D eigenvalue weighted by molar-refractivity contribution is 6.06. The maximum absolute atomic E-state index is 12.7. The van der Waals surface area contributed by atoms with E-state index in [1.54, 1.807) is 13.8 Å². The van der Waals surface area contributed by atoms with Crippen LogP contribution in [0.2, 0.25) is 0 Å². The Morgan fingerprint density at radius 3 is 2.58 bits per heavy atom. The van der Waals surface area contributed by atoms with Gasteiger partial charge in [0.15, 0.2) is 11.4 Å². The molecule has 0 radical (unpaired) electrons. The standard InChI is InChI=1S/C14H16O5/c1-6-5-13(2)9(11(16)18-4)7-8(6)14(3,12(13)17)19-10(7)15/h5,7-9H,1-4H3/t7-,8-,9+,13+,14+/m1/s1. The fourth-order valence-electron chi connectivity index (χ4n) is 4.34. The normalized spacial score (nSPS) is 46.9. The molecule has 0 aromatic carbocycles. The first-order valence-corrected chi connectivity index (χ1v) is 6.32. The van der Waals surface area contributed by atoms with E-state index in [1.807, 2.05) is 13.0 Å². The van der Waals surface area contributed by atoms with Crippen LogP contribution in [0, 0.1) is 23.2 Å². The molecule has 1 heterocycles. The number of ether oxygens (including phenoxy) is 2. The highest BCUT2D eigenvalue weighted by Crippen LogP contribution is 2.62. The first kappa shape index (κ1) is 12.4. The van der Waals surface area contributed by atoms with Crippen molar-refractivity contribution in [3.05, 3.63) is 11.6 Å². The molecule has 4 bridgehead atoms. The minimum Gasteiger partial charge on any atom is -0.469 e. The van der Waals surface area contributed by atoms with Crippen LogP contribution in [0.3, 0.4) is 0 Å². The summed E-state index contributed by atoms with van der Waals surface area (Å²) in [7, 11) is 1.27. The van der Waals surface area contributed by atoms with Crippen LogP contribution in [0.5, 0.6) is 0 Å². The van der Waals surface area contributed by atoms with Crippen molar-refractivity contribution in [1.29, 1.82) is 0 Å². The lowest BCUT2D eigenvalue weighted by Crippen LogP contribution is -2.63. The molecule has 2 fully saturated rings. The molecule has 4 rings (SSSR count). The summed E-state index contributed by atoms with van der Waals surface area (Å²) in [4.78, 5) is 36.8. The first-order valence-electron chi connectivity index (χ1n) is 6.32. The molecule has 5 nitrogen and oxygen atoms in total. The zero-order valence-electron chi connectivity index (χ0n) is 11.4. The van der Waals surface area contributed by atoms with Crippen molar-refractivity contribution in [2.24, 2.45) is 23.2 Å². The van der Waals surface area contributed by atoms with Gasteiger partial charge in [-0.3, -0.25) is 14.4 Å². The lowest BCUT2D eigenvalue weighted by molar-refractivity contribution is -0.167. The zero-order chi connectivity index (χ0) is 14.2. The molecule has 5 heteroatoms. The number of allylic oxidation sites excluding steroid dienone is 1. The van der Waals surface area contributed by atoms with E-state index in [0.29, 0.717) is 0 Å². The monoisotopic (exact) mass is 264 g/mol. The molecule has 1 saturated carbocycles. The summed E-state index contributed by atoms with van der Waals surface area (Å²) in [6, 6.07) is 0. The van der Waals surface area contributed by atoms with E-state index in [9.17, 15) is 14.4 Å². The maximum atomic E-state index is 12.7. The SMILES string of the molecule is COC(=O)[C@@H]1[C@@H]2C(=O)O[C@]3(C)C(=O)[C@@]1(C)C=C(C)[C@H]23. The molecule has 0 aromatic heterocycles. The van der Waals surface area contributed by atoms with Gasteiger partial charge in [0.05, 0.1) is 24.4 Å². The topological polar surface area (TPSA) is 69.7 Å². The van der Waals surface area contributed by atoms with Crippen LogP contribution in [0.4, 0.5) is 0 Å². The molecule has 102 valence electrons. The molecule has 1 saturated heterocycles. The van der Waals surface area contributed by atoms with Gasteiger partial charge in [-0.2, -0.15) is 0 Å². The van der Waals surface area contributed by atoms with Crippen molar-refractivity contribution in [1.82, 2.24) is 0 Å². The molecular formula is C14H16O5. The predicted molar refractivity (Wildman–Crippen MR) is 63.9 cm³/mol. The van der Waals surface area contributed by atoms with Gasteiger partial charge in [-0.1, -0.05) is 11.6 Å². The van der Waals surface area contributed by atoms with Crippen LogP contribution in [-0.2, 0) is 23.9 Å². The molecule has 0 spiro atoms. The van der Waals surface area contributed by atoms with Crippen molar-refractivity contribution in [3.8, 4) is 0 Å². The minimum absolute atomic E-state index is 0.201. The van der Waals surface area contributed by atoms with E-state index in [-0.39, 0.29) is 11.7 Å². The molecule has 0 amide bonds. The summed E-state index contributed by atoms with van der Waals surface area (Å²) in [5.74, 6) is -2.92. The van der Waals surface area contributed by atoms with Gasteiger partial charge < -0.3 is 9.47 Å². The lowest BCUT2D eigenvalue weighted by atomic mass is 9.48. The summed E-state index contributed by atoms with van der Waals surface area (Å²) in [5, 5.41) is 0. The number of esters is 2. The average molecular weight is 264 g/mol. The lowest BCUT2D eigenvalue weighted by Gasteiger charge is -2.50. The van der Waals surface area contributed by atoms with Crippen molar-refractivity contribution in [2.75, 3.05) is 7.11 Å². The molecule has 4 aliphatic rings. The summed E-state index contributed by atoms with van der Waals surface area (Å²) >= 11 is 0. The molecule has 0 N–H and O–H groups in total. The number of carbonyl (C=O) groups excluding carboxylic acids is 3. The third-order valence-electron chi connectivity index (χ3n) is 4.96. The van der Waals surface area contributed by atoms with Gasteiger partial charge in [0, 0.05) is 5.92 Å². The Morgan fingerprint density at radius 1 is 1.37 bits per heavy atom. The zero-order valence-corrected chi connectivity index (χ0v) is 11.4. The second kappa shape index (κ2) is 3.26. The molecule has 19 heavy (non-hydrogen) atoms. The third kappa shape index (κ3) is 1.14. The minimum atomic E-state index is -1.13. The van der Waals surface area contributed by atoms with Gasteiger partial charge in [0.25, 0.3) is 0 Å².